The number of aliphatic hydroxyl groups is 1. The van der Waals surface area contributed by atoms with Crippen LogP contribution in [0.5, 0.6) is 0 Å². The maximum Gasteiger partial charge on any atom is 0.472 e. The number of carbonyl (C=O) groups excluding carboxylic acids is 4. The van der Waals surface area contributed by atoms with Gasteiger partial charge in [0.25, 0.3) is 0 Å². The fourth-order valence-corrected chi connectivity index (χ4v) is 10.7. The first-order valence-electron chi connectivity index (χ1n) is 32.5. The van der Waals surface area contributed by atoms with Crippen molar-refractivity contribution < 1.29 is 80.2 Å². The summed E-state index contributed by atoms with van der Waals surface area (Å²) in [5.74, 6) is -0.633. The molecule has 0 saturated carbocycles. The Bertz CT molecular complexity index is 1600. The van der Waals surface area contributed by atoms with Crippen molar-refractivity contribution in [2.75, 3.05) is 39.6 Å². The molecule has 0 radical (unpaired) electrons. The molecule has 0 fully saturated rings. The second-order valence-electron chi connectivity index (χ2n) is 23.2. The molecule has 81 heavy (non-hydrogen) atoms. The second kappa shape index (κ2) is 54.7. The normalized spacial score (nSPS) is 14.7. The average Bonchev–Trinajstić information content (AvgIpc) is 3.43. The fourth-order valence-electron chi connectivity index (χ4n) is 9.15. The third-order valence-corrected chi connectivity index (χ3v) is 16.5. The number of phosphoric acid groups is 2. The Kier molecular flexibility index (Phi) is 53.4. The highest BCUT2D eigenvalue weighted by Gasteiger charge is 2.30. The number of rotatable bonds is 61. The molecule has 3 unspecified atom stereocenters. The zero-order chi connectivity index (χ0) is 60.1. The van der Waals surface area contributed by atoms with Crippen LogP contribution in [0.1, 0.15) is 305 Å². The Morgan fingerprint density at radius 3 is 0.938 bits per heavy atom. The summed E-state index contributed by atoms with van der Waals surface area (Å²) in [5, 5.41) is 10.5. The minimum absolute atomic E-state index is 0.105. The van der Waals surface area contributed by atoms with Crippen LogP contribution in [0.15, 0.2) is 0 Å². The number of aliphatic hydroxyl groups excluding tert-OH is 1. The molecule has 0 bridgehead atoms. The molecule has 17 nitrogen and oxygen atoms in total. The first kappa shape index (κ1) is 79.1. The lowest BCUT2D eigenvalue weighted by atomic mass is 9.99. The molecule has 0 amide bonds. The van der Waals surface area contributed by atoms with E-state index in [1.54, 1.807) is 0 Å². The summed E-state index contributed by atoms with van der Waals surface area (Å²) in [6, 6.07) is 0. The van der Waals surface area contributed by atoms with Crippen LogP contribution in [0, 0.1) is 11.8 Å². The van der Waals surface area contributed by atoms with Crippen molar-refractivity contribution in [3.8, 4) is 0 Å². The van der Waals surface area contributed by atoms with E-state index in [4.69, 9.17) is 37.0 Å². The molecular weight excluding hydrogens is 1080 g/mol. The molecule has 0 aromatic carbocycles. The largest absolute Gasteiger partial charge is 0.472 e. The van der Waals surface area contributed by atoms with Gasteiger partial charge in [-0.1, -0.05) is 253 Å². The van der Waals surface area contributed by atoms with E-state index < -0.39 is 97.5 Å². The van der Waals surface area contributed by atoms with E-state index in [0.717, 1.165) is 108 Å². The highest BCUT2D eigenvalue weighted by Crippen LogP contribution is 2.45. The number of hydrogen-bond donors (Lipinski definition) is 3. The van der Waals surface area contributed by atoms with Crippen molar-refractivity contribution in [1.82, 2.24) is 0 Å². The van der Waals surface area contributed by atoms with Gasteiger partial charge in [0.05, 0.1) is 26.4 Å². The topological polar surface area (TPSA) is 237 Å². The first-order chi connectivity index (χ1) is 38.9. The molecule has 0 aliphatic heterocycles. The van der Waals surface area contributed by atoms with E-state index in [0.29, 0.717) is 25.7 Å². The maximum absolute atomic E-state index is 12.9. The van der Waals surface area contributed by atoms with Crippen molar-refractivity contribution in [1.29, 1.82) is 0 Å². The van der Waals surface area contributed by atoms with Crippen molar-refractivity contribution in [3.63, 3.8) is 0 Å². The van der Waals surface area contributed by atoms with E-state index >= 15 is 0 Å². The average molecular weight is 1200 g/mol. The van der Waals surface area contributed by atoms with Gasteiger partial charge >= 0.3 is 39.5 Å². The highest BCUT2D eigenvalue weighted by atomic mass is 31.2. The van der Waals surface area contributed by atoms with Gasteiger partial charge in [-0.3, -0.25) is 37.3 Å². The van der Waals surface area contributed by atoms with Gasteiger partial charge in [-0.2, -0.15) is 0 Å². The molecular formula is C62H120O17P2. The molecule has 0 aliphatic rings. The van der Waals surface area contributed by atoms with Gasteiger partial charge in [-0.05, 0) is 37.5 Å². The van der Waals surface area contributed by atoms with Gasteiger partial charge in [0.2, 0.25) is 0 Å². The monoisotopic (exact) mass is 1200 g/mol. The Morgan fingerprint density at radius 2 is 0.630 bits per heavy atom. The molecule has 19 heteroatoms. The van der Waals surface area contributed by atoms with Crippen molar-refractivity contribution in [2.24, 2.45) is 11.8 Å². The molecule has 0 saturated heterocycles. The van der Waals surface area contributed by atoms with Crippen molar-refractivity contribution in [3.05, 3.63) is 0 Å². The predicted octanol–water partition coefficient (Wildman–Crippen LogP) is 16.9. The van der Waals surface area contributed by atoms with Crippen LogP contribution in [0.4, 0.5) is 0 Å². The predicted molar refractivity (Wildman–Crippen MR) is 321 cm³/mol. The Balaban J connectivity index is 5.19. The Labute approximate surface area is 492 Å². The van der Waals surface area contributed by atoms with Crippen LogP contribution in [-0.2, 0) is 65.4 Å². The molecule has 0 heterocycles. The zero-order valence-corrected chi connectivity index (χ0v) is 53.9. The number of phosphoric ester groups is 2. The lowest BCUT2D eigenvalue weighted by Crippen LogP contribution is -2.30. The Morgan fingerprint density at radius 1 is 0.358 bits per heavy atom. The van der Waals surface area contributed by atoms with E-state index in [1.165, 1.54) is 116 Å². The summed E-state index contributed by atoms with van der Waals surface area (Å²) in [5.41, 5.74) is 0. The summed E-state index contributed by atoms with van der Waals surface area (Å²) in [7, 11) is -9.88. The van der Waals surface area contributed by atoms with Crippen LogP contribution < -0.4 is 0 Å². The minimum Gasteiger partial charge on any atom is -0.462 e. The molecule has 0 aromatic rings. The van der Waals surface area contributed by atoms with Gasteiger partial charge in [0.1, 0.15) is 19.3 Å². The fraction of sp³-hybridized carbons (Fsp3) is 0.935. The minimum atomic E-state index is -4.94. The van der Waals surface area contributed by atoms with Gasteiger partial charge in [-0.15, -0.1) is 0 Å². The van der Waals surface area contributed by atoms with Gasteiger partial charge < -0.3 is 33.8 Å². The second-order valence-corrected chi connectivity index (χ2v) is 26.1. The van der Waals surface area contributed by atoms with Gasteiger partial charge in [-0.25, -0.2) is 9.13 Å². The van der Waals surface area contributed by atoms with Crippen LogP contribution in [0.3, 0.4) is 0 Å². The van der Waals surface area contributed by atoms with E-state index in [-0.39, 0.29) is 25.7 Å². The number of hydrogen-bond acceptors (Lipinski definition) is 15. The Hall–Kier alpha value is -1.94. The zero-order valence-electron chi connectivity index (χ0n) is 52.1. The number of carbonyl (C=O) groups is 4. The number of esters is 4. The lowest BCUT2D eigenvalue weighted by molar-refractivity contribution is -0.161. The van der Waals surface area contributed by atoms with Crippen molar-refractivity contribution >= 4 is 39.5 Å². The third-order valence-electron chi connectivity index (χ3n) is 14.6. The SMILES string of the molecule is CCCCCCCCCCCCCCC(=O)O[C@H](COC(=O)CCCCCCC)COP(=O)(O)OC[C@H](O)COP(=O)(O)OC[C@@H](COC(=O)CCCCCCCCCCC(C)CC)OC(=O)CCCCCCCCCCCC(C)C. The van der Waals surface area contributed by atoms with Crippen LogP contribution in [0.2, 0.25) is 0 Å². The summed E-state index contributed by atoms with van der Waals surface area (Å²) in [4.78, 5) is 71.9. The van der Waals surface area contributed by atoms with Crippen LogP contribution >= 0.6 is 15.6 Å². The maximum atomic E-state index is 12.9. The number of unbranched alkanes of at least 4 members (excludes halogenated alkanes) is 30. The van der Waals surface area contributed by atoms with E-state index in [2.05, 4.69) is 41.5 Å². The van der Waals surface area contributed by atoms with Gasteiger partial charge in [0, 0.05) is 25.7 Å². The smallest absolute Gasteiger partial charge is 0.462 e. The summed E-state index contributed by atoms with van der Waals surface area (Å²) in [6.45, 7) is 9.37. The summed E-state index contributed by atoms with van der Waals surface area (Å²) >= 11 is 0. The summed E-state index contributed by atoms with van der Waals surface area (Å²) in [6.07, 6.45) is 36.4. The molecule has 0 aliphatic carbocycles. The highest BCUT2D eigenvalue weighted by molar-refractivity contribution is 7.47. The quantitative estimate of drug-likeness (QED) is 0.0222. The molecule has 0 spiro atoms. The third kappa shape index (κ3) is 55.7. The molecule has 3 N–H and O–H groups in total. The van der Waals surface area contributed by atoms with E-state index in [9.17, 15) is 43.2 Å². The van der Waals surface area contributed by atoms with Crippen LogP contribution in [-0.4, -0.2) is 96.7 Å². The van der Waals surface area contributed by atoms with Gasteiger partial charge in [0.15, 0.2) is 12.2 Å². The number of ether oxygens (including phenoxy) is 4. The van der Waals surface area contributed by atoms with Crippen LogP contribution in [0.25, 0.3) is 0 Å². The molecule has 0 rings (SSSR count). The summed E-state index contributed by atoms with van der Waals surface area (Å²) < 4.78 is 67.7. The molecule has 6 atom stereocenters. The van der Waals surface area contributed by atoms with Crippen molar-refractivity contribution in [2.45, 2.75) is 323 Å². The lowest BCUT2D eigenvalue weighted by Gasteiger charge is -2.21. The van der Waals surface area contributed by atoms with E-state index in [1.807, 2.05) is 0 Å². The first-order valence-corrected chi connectivity index (χ1v) is 35.5. The molecule has 480 valence electrons. The standard InChI is InChI=1S/C62H120O17P2/c1-7-10-12-14-15-16-17-18-21-28-34-40-46-61(66)78-57(50-72-59(64)44-38-30-13-11-8-2)52-76-80(68,69)74-48-56(63)49-75-81(70,71)77-53-58(79-62(67)47-41-35-29-22-19-20-25-31-36-42-54(4)5)51-73-60(65)45-39-33-27-24-23-26-32-37-43-55(6)9-3/h54-58,63H,7-53H2,1-6H3,(H,68,69)(H,70,71)/t55?,56-,57+,58+/m0/s1. The molecule has 0 aromatic heterocycles.